The van der Waals surface area contributed by atoms with Gasteiger partial charge in [-0.3, -0.25) is 0 Å². The smallest absolute Gasteiger partial charge is 0.146 e. The number of rotatable bonds is 7. The highest BCUT2D eigenvalue weighted by atomic mass is 16.5. The van der Waals surface area contributed by atoms with E-state index in [0.29, 0.717) is 13.2 Å². The van der Waals surface area contributed by atoms with Gasteiger partial charge in [-0.15, -0.1) is 10.2 Å². The SMILES string of the molecule is COCCn1c(CN)nnc1CCc1cccc(C)c1. The van der Waals surface area contributed by atoms with Crippen LogP contribution in [-0.2, 0) is 30.7 Å². The molecule has 2 N–H and O–H groups in total. The van der Waals surface area contributed by atoms with E-state index in [9.17, 15) is 0 Å². The van der Waals surface area contributed by atoms with Crippen molar-refractivity contribution < 1.29 is 4.74 Å². The van der Waals surface area contributed by atoms with E-state index in [0.717, 1.165) is 31.0 Å². The molecule has 2 rings (SSSR count). The minimum absolute atomic E-state index is 0.404. The van der Waals surface area contributed by atoms with E-state index in [-0.39, 0.29) is 0 Å². The summed E-state index contributed by atoms with van der Waals surface area (Å²) in [6, 6.07) is 8.55. The van der Waals surface area contributed by atoms with E-state index in [1.54, 1.807) is 7.11 Å². The van der Waals surface area contributed by atoms with Gasteiger partial charge >= 0.3 is 0 Å². The number of ether oxygens (including phenoxy) is 1. The van der Waals surface area contributed by atoms with Crippen LogP contribution in [0.5, 0.6) is 0 Å². The Bertz CT molecular complexity index is 551. The van der Waals surface area contributed by atoms with Gasteiger partial charge in [0.05, 0.1) is 13.2 Å². The fourth-order valence-corrected chi connectivity index (χ4v) is 2.27. The standard InChI is InChI=1S/C15H22N4O/c1-12-4-3-5-13(10-12)6-7-14-17-18-15(11-16)19(14)8-9-20-2/h3-5,10H,6-9,11,16H2,1-2H3. The van der Waals surface area contributed by atoms with E-state index >= 15 is 0 Å². The fourth-order valence-electron chi connectivity index (χ4n) is 2.27. The molecule has 0 aliphatic carbocycles. The lowest BCUT2D eigenvalue weighted by molar-refractivity contribution is 0.185. The normalized spacial score (nSPS) is 10.9. The van der Waals surface area contributed by atoms with E-state index in [2.05, 4.69) is 46.0 Å². The molecule has 1 aromatic heterocycles. The topological polar surface area (TPSA) is 66.0 Å². The molecule has 0 radical (unpaired) electrons. The summed E-state index contributed by atoms with van der Waals surface area (Å²) < 4.78 is 7.20. The summed E-state index contributed by atoms with van der Waals surface area (Å²) in [7, 11) is 1.69. The summed E-state index contributed by atoms with van der Waals surface area (Å²) in [5.74, 6) is 1.80. The number of benzene rings is 1. The third kappa shape index (κ3) is 3.65. The molecule has 0 aliphatic heterocycles. The zero-order valence-electron chi connectivity index (χ0n) is 12.2. The minimum Gasteiger partial charge on any atom is -0.383 e. The molecule has 108 valence electrons. The third-order valence-electron chi connectivity index (χ3n) is 3.33. The second-order valence-electron chi connectivity index (χ2n) is 4.87. The molecular formula is C15H22N4O. The Morgan fingerprint density at radius 2 is 2.00 bits per heavy atom. The molecule has 2 aromatic rings. The van der Waals surface area contributed by atoms with Crippen molar-refractivity contribution in [1.82, 2.24) is 14.8 Å². The van der Waals surface area contributed by atoms with Crippen molar-refractivity contribution in [2.24, 2.45) is 5.73 Å². The lowest BCUT2D eigenvalue weighted by Crippen LogP contribution is -2.14. The summed E-state index contributed by atoms with van der Waals surface area (Å²) in [6.07, 6.45) is 1.82. The molecule has 20 heavy (non-hydrogen) atoms. The average Bonchev–Trinajstić information content (AvgIpc) is 2.85. The Kier molecular flexibility index (Phi) is 5.26. The first-order valence-corrected chi connectivity index (χ1v) is 6.90. The van der Waals surface area contributed by atoms with Gasteiger partial charge in [-0.05, 0) is 18.9 Å². The van der Waals surface area contributed by atoms with Crippen LogP contribution < -0.4 is 5.73 Å². The van der Waals surface area contributed by atoms with Crippen LogP contribution in [0.1, 0.15) is 22.8 Å². The van der Waals surface area contributed by atoms with Gasteiger partial charge in [-0.2, -0.15) is 0 Å². The molecule has 1 aromatic carbocycles. The van der Waals surface area contributed by atoms with E-state index < -0.39 is 0 Å². The van der Waals surface area contributed by atoms with Gasteiger partial charge in [-0.1, -0.05) is 29.8 Å². The van der Waals surface area contributed by atoms with Crippen LogP contribution in [0.3, 0.4) is 0 Å². The first kappa shape index (κ1) is 14.7. The predicted molar refractivity (Wildman–Crippen MR) is 78.4 cm³/mol. The molecule has 0 fully saturated rings. The monoisotopic (exact) mass is 274 g/mol. The summed E-state index contributed by atoms with van der Waals surface area (Å²) in [5, 5.41) is 8.40. The Hall–Kier alpha value is -1.72. The van der Waals surface area contributed by atoms with Crippen molar-refractivity contribution in [1.29, 1.82) is 0 Å². The Labute approximate surface area is 119 Å². The molecule has 1 heterocycles. The van der Waals surface area contributed by atoms with E-state index in [1.165, 1.54) is 11.1 Å². The predicted octanol–water partition coefficient (Wildman–Crippen LogP) is 1.48. The fraction of sp³-hybridized carbons (Fsp3) is 0.467. The average molecular weight is 274 g/mol. The van der Waals surface area contributed by atoms with Crippen LogP contribution in [-0.4, -0.2) is 28.5 Å². The number of aromatic nitrogens is 3. The largest absolute Gasteiger partial charge is 0.383 e. The number of methoxy groups -OCH3 is 1. The molecule has 0 amide bonds. The zero-order chi connectivity index (χ0) is 14.4. The number of hydrogen-bond acceptors (Lipinski definition) is 4. The van der Waals surface area contributed by atoms with Crippen molar-refractivity contribution in [3.63, 3.8) is 0 Å². The molecular weight excluding hydrogens is 252 g/mol. The number of nitrogens with two attached hydrogens (primary N) is 1. The van der Waals surface area contributed by atoms with Crippen molar-refractivity contribution >= 4 is 0 Å². The van der Waals surface area contributed by atoms with Gasteiger partial charge in [0.25, 0.3) is 0 Å². The third-order valence-corrected chi connectivity index (χ3v) is 3.33. The Morgan fingerprint density at radius 3 is 2.70 bits per heavy atom. The molecule has 0 unspecified atom stereocenters. The van der Waals surface area contributed by atoms with Crippen molar-refractivity contribution in [2.75, 3.05) is 13.7 Å². The van der Waals surface area contributed by atoms with Crippen molar-refractivity contribution in [3.05, 3.63) is 47.0 Å². The molecule has 0 saturated carbocycles. The first-order valence-electron chi connectivity index (χ1n) is 6.90. The number of hydrogen-bond donors (Lipinski definition) is 1. The molecule has 0 saturated heterocycles. The maximum Gasteiger partial charge on any atom is 0.146 e. The quantitative estimate of drug-likeness (QED) is 0.830. The van der Waals surface area contributed by atoms with E-state index in [1.807, 2.05) is 0 Å². The van der Waals surface area contributed by atoms with Crippen LogP contribution in [0.4, 0.5) is 0 Å². The molecule has 0 bridgehead atoms. The molecule has 0 aliphatic rings. The summed E-state index contributed by atoms with van der Waals surface area (Å²) in [5.41, 5.74) is 8.30. The second kappa shape index (κ2) is 7.17. The maximum atomic E-state index is 5.70. The van der Waals surface area contributed by atoms with E-state index in [4.69, 9.17) is 10.5 Å². The zero-order valence-corrected chi connectivity index (χ0v) is 12.2. The van der Waals surface area contributed by atoms with Gasteiger partial charge in [0, 0.05) is 20.1 Å². The van der Waals surface area contributed by atoms with Crippen LogP contribution in [0.2, 0.25) is 0 Å². The summed E-state index contributed by atoms with van der Waals surface area (Å²) in [6.45, 7) is 3.90. The number of nitrogens with zero attached hydrogens (tertiary/aromatic N) is 3. The van der Waals surface area contributed by atoms with Crippen molar-refractivity contribution in [3.8, 4) is 0 Å². The van der Waals surface area contributed by atoms with Gasteiger partial charge in [0.2, 0.25) is 0 Å². The molecule has 0 spiro atoms. The minimum atomic E-state index is 0.404. The Morgan fingerprint density at radius 1 is 1.20 bits per heavy atom. The van der Waals surface area contributed by atoms with Crippen LogP contribution in [0.25, 0.3) is 0 Å². The molecule has 0 atom stereocenters. The van der Waals surface area contributed by atoms with Gasteiger partial charge in [-0.25, -0.2) is 0 Å². The highest BCUT2D eigenvalue weighted by Gasteiger charge is 2.10. The highest BCUT2D eigenvalue weighted by molar-refractivity contribution is 5.22. The Balaban J connectivity index is 2.06. The lowest BCUT2D eigenvalue weighted by Gasteiger charge is -2.09. The van der Waals surface area contributed by atoms with Crippen LogP contribution >= 0.6 is 0 Å². The highest BCUT2D eigenvalue weighted by Crippen LogP contribution is 2.09. The second-order valence-corrected chi connectivity index (χ2v) is 4.87. The first-order chi connectivity index (χ1) is 9.74. The summed E-state index contributed by atoms with van der Waals surface area (Å²) >= 11 is 0. The van der Waals surface area contributed by atoms with Gasteiger partial charge in [0.15, 0.2) is 0 Å². The number of aryl methyl sites for hydroxylation is 3. The van der Waals surface area contributed by atoms with Gasteiger partial charge in [0.1, 0.15) is 11.6 Å². The van der Waals surface area contributed by atoms with Gasteiger partial charge < -0.3 is 15.0 Å². The summed E-state index contributed by atoms with van der Waals surface area (Å²) in [4.78, 5) is 0. The lowest BCUT2D eigenvalue weighted by atomic mass is 10.1. The van der Waals surface area contributed by atoms with Crippen LogP contribution in [0.15, 0.2) is 24.3 Å². The van der Waals surface area contributed by atoms with Crippen molar-refractivity contribution in [2.45, 2.75) is 32.9 Å². The maximum absolute atomic E-state index is 5.70. The van der Waals surface area contributed by atoms with Crippen LogP contribution in [0, 0.1) is 6.92 Å². The molecule has 5 nitrogen and oxygen atoms in total. The molecule has 5 heteroatoms.